The van der Waals surface area contributed by atoms with Crippen LogP contribution in [-0.4, -0.2) is 32.1 Å². The molecule has 0 unspecified atom stereocenters. The Morgan fingerprint density at radius 1 is 1.02 bits per heavy atom. The van der Waals surface area contributed by atoms with Crippen LogP contribution in [0.15, 0.2) is 36.4 Å². The van der Waals surface area contributed by atoms with Crippen molar-refractivity contribution >= 4 is 11.8 Å². The van der Waals surface area contributed by atoms with Crippen molar-refractivity contribution in [1.29, 1.82) is 0 Å². The van der Waals surface area contributed by atoms with Crippen molar-refractivity contribution in [2.75, 3.05) is 14.2 Å². The largest absolute Gasteiger partial charge is 0.497 e. The first-order valence-electron chi connectivity index (χ1n) is 16.0. The zero-order valence-electron chi connectivity index (χ0n) is 26.9. The molecule has 2 aromatic rings. The molecular formula is C37H50O5. The summed E-state index contributed by atoms with van der Waals surface area (Å²) in [5, 5.41) is 0. The van der Waals surface area contributed by atoms with E-state index in [1.165, 1.54) is 22.3 Å². The van der Waals surface area contributed by atoms with Gasteiger partial charge in [-0.3, -0.25) is 9.59 Å². The van der Waals surface area contributed by atoms with Gasteiger partial charge in [-0.1, -0.05) is 72.2 Å². The lowest BCUT2D eigenvalue weighted by molar-refractivity contribution is -0.169. The molecule has 2 saturated carbocycles. The van der Waals surface area contributed by atoms with Gasteiger partial charge in [0.05, 0.1) is 14.2 Å². The number of benzene rings is 2. The van der Waals surface area contributed by atoms with E-state index < -0.39 is 5.92 Å². The van der Waals surface area contributed by atoms with Gasteiger partial charge in [-0.15, -0.1) is 0 Å². The molecule has 0 saturated heterocycles. The van der Waals surface area contributed by atoms with Crippen molar-refractivity contribution in [3.8, 4) is 11.5 Å². The highest BCUT2D eigenvalue weighted by Crippen LogP contribution is 2.54. The summed E-state index contributed by atoms with van der Waals surface area (Å²) in [5.41, 5.74) is 4.41. The van der Waals surface area contributed by atoms with Crippen LogP contribution in [0.4, 0.5) is 0 Å². The number of ketones is 1. The minimum absolute atomic E-state index is 0.0455. The highest BCUT2D eigenvalue weighted by atomic mass is 16.5. The fraction of sp³-hybridized carbons (Fsp3) is 0.622. The number of fused-ring (bicyclic) bond motifs is 3. The second-order valence-electron chi connectivity index (χ2n) is 14.3. The average Bonchev–Trinajstić information content (AvgIpc) is 2.96. The molecule has 0 spiro atoms. The van der Waals surface area contributed by atoms with E-state index in [-0.39, 0.29) is 40.5 Å². The highest BCUT2D eigenvalue weighted by molar-refractivity contribution is 6.00. The minimum atomic E-state index is -0.717. The molecule has 3 aliphatic carbocycles. The van der Waals surface area contributed by atoms with Crippen LogP contribution < -0.4 is 9.47 Å². The first kappa shape index (κ1) is 30.6. The summed E-state index contributed by atoms with van der Waals surface area (Å²) in [4.78, 5) is 27.7. The second kappa shape index (κ2) is 11.7. The van der Waals surface area contributed by atoms with E-state index in [1.807, 2.05) is 12.1 Å². The van der Waals surface area contributed by atoms with Gasteiger partial charge in [0.1, 0.15) is 29.3 Å². The Morgan fingerprint density at radius 2 is 1.79 bits per heavy atom. The van der Waals surface area contributed by atoms with Crippen molar-refractivity contribution in [3.63, 3.8) is 0 Å². The van der Waals surface area contributed by atoms with Gasteiger partial charge in [0, 0.05) is 12.3 Å². The number of rotatable bonds is 7. The molecule has 0 aromatic heterocycles. The number of carbonyl (C=O) groups excluding carboxylic acids is 2. The number of esters is 1. The van der Waals surface area contributed by atoms with Crippen molar-refractivity contribution in [1.82, 2.24) is 0 Å². The summed E-state index contributed by atoms with van der Waals surface area (Å²) >= 11 is 0. The molecule has 5 rings (SSSR count). The number of ether oxygens (including phenoxy) is 3. The van der Waals surface area contributed by atoms with Gasteiger partial charge < -0.3 is 14.2 Å². The first-order valence-corrected chi connectivity index (χ1v) is 16.0. The zero-order chi connectivity index (χ0) is 30.4. The van der Waals surface area contributed by atoms with E-state index in [1.54, 1.807) is 14.2 Å². The lowest BCUT2D eigenvalue weighted by atomic mass is 9.54. The maximum absolute atomic E-state index is 14.2. The molecule has 0 N–H and O–H groups in total. The summed E-state index contributed by atoms with van der Waals surface area (Å²) < 4.78 is 18.0. The molecule has 3 aliphatic rings. The number of Topliss-reactive ketones (excluding diaryl/α,β-unsaturated/α-hetero) is 1. The van der Waals surface area contributed by atoms with E-state index in [2.05, 4.69) is 65.8 Å². The Morgan fingerprint density at radius 3 is 2.48 bits per heavy atom. The van der Waals surface area contributed by atoms with E-state index in [4.69, 9.17) is 14.2 Å². The molecule has 42 heavy (non-hydrogen) atoms. The summed E-state index contributed by atoms with van der Waals surface area (Å²) in [6, 6.07) is 12.7. The first-order chi connectivity index (χ1) is 19.9. The summed E-state index contributed by atoms with van der Waals surface area (Å²) in [6.45, 7) is 13.4. The van der Waals surface area contributed by atoms with Crippen LogP contribution in [0, 0.1) is 23.7 Å². The summed E-state index contributed by atoms with van der Waals surface area (Å²) in [5.74, 6) is 1.75. The van der Waals surface area contributed by atoms with Gasteiger partial charge in [0.2, 0.25) is 0 Å². The molecule has 0 bridgehead atoms. The maximum atomic E-state index is 14.2. The minimum Gasteiger partial charge on any atom is -0.497 e. The molecule has 6 atom stereocenters. The lowest BCUT2D eigenvalue weighted by Crippen LogP contribution is -2.52. The topological polar surface area (TPSA) is 61.8 Å². The highest BCUT2D eigenvalue weighted by Gasteiger charge is 2.54. The third-order valence-corrected chi connectivity index (χ3v) is 11.2. The smallest absolute Gasteiger partial charge is 0.317 e. The molecular weight excluding hydrogens is 524 g/mol. The van der Waals surface area contributed by atoms with E-state index in [0.29, 0.717) is 18.3 Å². The molecule has 5 nitrogen and oxygen atoms in total. The van der Waals surface area contributed by atoms with Crippen molar-refractivity contribution in [3.05, 3.63) is 58.7 Å². The van der Waals surface area contributed by atoms with Crippen molar-refractivity contribution in [2.24, 2.45) is 23.7 Å². The number of hydrogen-bond acceptors (Lipinski definition) is 5. The van der Waals surface area contributed by atoms with E-state index in [9.17, 15) is 9.59 Å². The van der Waals surface area contributed by atoms with Gasteiger partial charge in [0.15, 0.2) is 0 Å². The van der Waals surface area contributed by atoms with Crippen LogP contribution in [0.2, 0.25) is 0 Å². The Bertz CT molecular complexity index is 1330. The fourth-order valence-corrected chi connectivity index (χ4v) is 8.60. The zero-order valence-corrected chi connectivity index (χ0v) is 26.9. The van der Waals surface area contributed by atoms with Gasteiger partial charge in [0.25, 0.3) is 0 Å². The van der Waals surface area contributed by atoms with Crippen molar-refractivity contribution < 1.29 is 23.8 Å². The maximum Gasteiger partial charge on any atom is 0.317 e. The standard InChI is InChI=1S/C37H50O5/c1-22(2)26-13-16-28-27(34(26)41-8)14-17-30-33(31(38)18-19-37(28,30)6)35(39)42-32-20-23(3)12-15-29(32)36(4,5)24-10-9-11-25(21-24)40-7/h9-11,13,16,21-23,29-30,32-33H,12,14-15,17-20H2,1-8H3/t23-,29-,30+,32+,33+,37-/m1/s1. The Hall–Kier alpha value is -2.82. The van der Waals surface area contributed by atoms with E-state index >= 15 is 0 Å². The van der Waals surface area contributed by atoms with Gasteiger partial charge in [-0.25, -0.2) is 0 Å². The number of methoxy groups -OCH3 is 2. The van der Waals surface area contributed by atoms with E-state index in [0.717, 1.165) is 50.0 Å². The Labute approximate surface area is 252 Å². The molecule has 0 aliphatic heterocycles. The normalized spacial score (nSPS) is 29.5. The lowest BCUT2D eigenvalue weighted by Gasteiger charge is -2.50. The molecule has 5 heteroatoms. The number of hydrogen-bond donors (Lipinski definition) is 0. The number of carbonyl (C=O) groups is 2. The second-order valence-corrected chi connectivity index (χ2v) is 14.3. The van der Waals surface area contributed by atoms with Crippen LogP contribution in [0.3, 0.4) is 0 Å². The van der Waals surface area contributed by atoms with Crippen LogP contribution in [-0.2, 0) is 31.6 Å². The fourth-order valence-electron chi connectivity index (χ4n) is 8.60. The third kappa shape index (κ3) is 5.26. The monoisotopic (exact) mass is 574 g/mol. The summed E-state index contributed by atoms with van der Waals surface area (Å²) in [7, 11) is 3.45. The van der Waals surface area contributed by atoms with Gasteiger partial charge in [-0.05, 0) is 95.1 Å². The molecule has 0 heterocycles. The Balaban J connectivity index is 1.44. The third-order valence-electron chi connectivity index (χ3n) is 11.2. The molecule has 0 amide bonds. The van der Waals surface area contributed by atoms with Crippen LogP contribution in [0.5, 0.6) is 11.5 Å². The Kier molecular flexibility index (Phi) is 8.53. The summed E-state index contributed by atoms with van der Waals surface area (Å²) in [6.07, 6.45) is 5.43. The average molecular weight is 575 g/mol. The molecule has 2 fully saturated rings. The van der Waals surface area contributed by atoms with Crippen LogP contribution >= 0.6 is 0 Å². The predicted molar refractivity (Wildman–Crippen MR) is 166 cm³/mol. The van der Waals surface area contributed by atoms with Gasteiger partial charge in [-0.2, -0.15) is 0 Å². The van der Waals surface area contributed by atoms with Gasteiger partial charge >= 0.3 is 5.97 Å². The quantitative estimate of drug-likeness (QED) is 0.248. The molecule has 228 valence electrons. The molecule has 0 radical (unpaired) electrons. The SMILES string of the molecule is COc1cccc(C(C)(C)[C@@H]2CC[C@@H](C)C[C@@H]2OC(=O)[C@@H]2C(=O)CC[C@]3(C)c4ccc(C(C)C)c(OC)c4CC[C@@H]23)c1. The predicted octanol–water partition coefficient (Wildman–Crippen LogP) is 7.95. The van der Waals surface area contributed by atoms with Crippen LogP contribution in [0.1, 0.15) is 108 Å². The van der Waals surface area contributed by atoms with Crippen LogP contribution in [0.25, 0.3) is 0 Å². The van der Waals surface area contributed by atoms with Crippen molar-refractivity contribution in [2.45, 2.75) is 109 Å². The molecule has 2 aromatic carbocycles.